The molecular formula is C20H28O4. The standard InChI is InChI=1S/C20H28O4/c21-12-15(7-6-14-4-2-1-3-5-14)8-9-17-18-10-16(13-22)24-20(18)11-19(17)23/h1-5,8-9,15-23H,6-7,10-13H2/b9-8+/t15?,16?,17-,18-,19-,20?/m1/s1. The second-order valence-corrected chi connectivity index (χ2v) is 7.11. The monoisotopic (exact) mass is 332 g/mol. The Morgan fingerprint density at radius 1 is 1.17 bits per heavy atom. The van der Waals surface area contributed by atoms with Crippen LogP contribution in [0.5, 0.6) is 0 Å². The molecule has 1 aliphatic heterocycles. The quantitative estimate of drug-likeness (QED) is 0.667. The van der Waals surface area contributed by atoms with E-state index in [1.54, 1.807) is 0 Å². The van der Waals surface area contributed by atoms with Gasteiger partial charge in [-0.2, -0.15) is 0 Å². The number of fused-ring (bicyclic) bond motifs is 1. The largest absolute Gasteiger partial charge is 0.396 e. The van der Waals surface area contributed by atoms with Crippen LogP contribution in [0.15, 0.2) is 42.5 Å². The van der Waals surface area contributed by atoms with E-state index in [0.717, 1.165) is 19.3 Å². The molecule has 2 fully saturated rings. The number of ether oxygens (including phenoxy) is 1. The fraction of sp³-hybridized carbons (Fsp3) is 0.600. The summed E-state index contributed by atoms with van der Waals surface area (Å²) in [6.45, 7) is 0.172. The molecule has 0 spiro atoms. The summed E-state index contributed by atoms with van der Waals surface area (Å²) >= 11 is 0. The van der Waals surface area contributed by atoms with Crippen LogP contribution in [0.25, 0.3) is 0 Å². The Bertz CT molecular complexity index is 530. The number of aliphatic hydroxyl groups is 3. The lowest BCUT2D eigenvalue weighted by Crippen LogP contribution is -2.20. The smallest absolute Gasteiger partial charge is 0.0813 e. The topological polar surface area (TPSA) is 69.9 Å². The fourth-order valence-electron chi connectivity index (χ4n) is 4.09. The summed E-state index contributed by atoms with van der Waals surface area (Å²) in [5.74, 6) is 0.451. The first-order valence-electron chi connectivity index (χ1n) is 8.98. The highest BCUT2D eigenvalue weighted by Crippen LogP contribution is 2.44. The maximum atomic E-state index is 10.3. The van der Waals surface area contributed by atoms with Gasteiger partial charge < -0.3 is 20.1 Å². The van der Waals surface area contributed by atoms with Gasteiger partial charge in [-0.1, -0.05) is 42.5 Å². The second-order valence-electron chi connectivity index (χ2n) is 7.11. The Morgan fingerprint density at radius 3 is 2.67 bits per heavy atom. The molecule has 0 amide bonds. The molecular weight excluding hydrogens is 304 g/mol. The fourth-order valence-corrected chi connectivity index (χ4v) is 4.09. The van der Waals surface area contributed by atoms with Gasteiger partial charge in [0.15, 0.2) is 0 Å². The Labute approximate surface area is 143 Å². The minimum atomic E-state index is -0.385. The molecule has 2 aliphatic rings. The Balaban J connectivity index is 1.56. The molecule has 1 saturated carbocycles. The van der Waals surface area contributed by atoms with Crippen LogP contribution in [0.2, 0.25) is 0 Å². The molecule has 3 unspecified atom stereocenters. The highest BCUT2D eigenvalue weighted by molar-refractivity contribution is 5.15. The molecule has 4 nitrogen and oxygen atoms in total. The van der Waals surface area contributed by atoms with Gasteiger partial charge in [0.2, 0.25) is 0 Å². The first-order chi connectivity index (χ1) is 11.7. The number of hydrogen-bond acceptors (Lipinski definition) is 4. The number of rotatable bonds is 7. The summed E-state index contributed by atoms with van der Waals surface area (Å²) in [5.41, 5.74) is 1.28. The van der Waals surface area contributed by atoms with E-state index in [0.29, 0.717) is 6.42 Å². The van der Waals surface area contributed by atoms with Gasteiger partial charge >= 0.3 is 0 Å². The van der Waals surface area contributed by atoms with Gasteiger partial charge in [0.05, 0.1) is 24.9 Å². The van der Waals surface area contributed by atoms with Gasteiger partial charge in [-0.05, 0) is 30.7 Å². The minimum Gasteiger partial charge on any atom is -0.396 e. The number of aliphatic hydroxyl groups excluding tert-OH is 3. The molecule has 1 aliphatic carbocycles. The lowest BCUT2D eigenvalue weighted by atomic mass is 9.88. The molecule has 4 heteroatoms. The average Bonchev–Trinajstić information content (AvgIpc) is 3.13. The Morgan fingerprint density at radius 2 is 1.96 bits per heavy atom. The van der Waals surface area contributed by atoms with Crippen molar-refractivity contribution in [1.82, 2.24) is 0 Å². The van der Waals surface area contributed by atoms with Gasteiger partial charge in [-0.15, -0.1) is 0 Å². The van der Waals surface area contributed by atoms with E-state index in [1.807, 2.05) is 18.2 Å². The first kappa shape index (κ1) is 17.6. The lowest BCUT2D eigenvalue weighted by molar-refractivity contribution is 0.000309. The summed E-state index contributed by atoms with van der Waals surface area (Å²) in [6, 6.07) is 10.3. The normalized spacial score (nSPS) is 33.9. The predicted molar refractivity (Wildman–Crippen MR) is 92.4 cm³/mol. The molecule has 132 valence electrons. The summed E-state index contributed by atoms with van der Waals surface area (Å²) in [5, 5.41) is 29.2. The molecule has 1 aromatic rings. The molecule has 3 rings (SSSR count). The van der Waals surface area contributed by atoms with Crippen LogP contribution in [-0.2, 0) is 11.2 Å². The third kappa shape index (κ3) is 4.06. The van der Waals surface area contributed by atoms with Crippen molar-refractivity contribution in [1.29, 1.82) is 0 Å². The van der Waals surface area contributed by atoms with Crippen molar-refractivity contribution in [2.24, 2.45) is 17.8 Å². The van der Waals surface area contributed by atoms with Crippen molar-refractivity contribution >= 4 is 0 Å². The third-order valence-electron chi connectivity index (χ3n) is 5.48. The lowest BCUT2D eigenvalue weighted by Gasteiger charge is -2.18. The molecule has 3 N–H and O–H groups in total. The van der Waals surface area contributed by atoms with Crippen LogP contribution >= 0.6 is 0 Å². The summed E-state index contributed by atoms with van der Waals surface area (Å²) in [4.78, 5) is 0. The van der Waals surface area contributed by atoms with Gasteiger partial charge in [-0.25, -0.2) is 0 Å². The molecule has 1 saturated heterocycles. The highest BCUT2D eigenvalue weighted by Gasteiger charge is 2.47. The Kier molecular flexibility index (Phi) is 6.06. The molecule has 0 bridgehead atoms. The molecule has 6 atom stereocenters. The highest BCUT2D eigenvalue weighted by atomic mass is 16.5. The van der Waals surface area contributed by atoms with Crippen molar-refractivity contribution in [3.05, 3.63) is 48.0 Å². The van der Waals surface area contributed by atoms with Crippen molar-refractivity contribution in [3.63, 3.8) is 0 Å². The summed E-state index contributed by atoms with van der Waals surface area (Å²) < 4.78 is 5.78. The van der Waals surface area contributed by atoms with E-state index < -0.39 is 0 Å². The van der Waals surface area contributed by atoms with Gasteiger partial charge in [0.25, 0.3) is 0 Å². The molecule has 1 aromatic carbocycles. The second kappa shape index (κ2) is 8.26. The summed E-state index contributed by atoms with van der Waals surface area (Å²) in [7, 11) is 0. The van der Waals surface area contributed by atoms with Crippen LogP contribution in [0.4, 0.5) is 0 Å². The van der Waals surface area contributed by atoms with Crippen LogP contribution < -0.4 is 0 Å². The minimum absolute atomic E-state index is 0.0515. The molecule has 1 heterocycles. The third-order valence-corrected chi connectivity index (χ3v) is 5.48. The van der Waals surface area contributed by atoms with Crippen molar-refractivity contribution < 1.29 is 20.1 Å². The van der Waals surface area contributed by atoms with Crippen LogP contribution in [0.3, 0.4) is 0 Å². The van der Waals surface area contributed by atoms with E-state index >= 15 is 0 Å². The Hall–Kier alpha value is -1.20. The van der Waals surface area contributed by atoms with Crippen molar-refractivity contribution in [2.45, 2.75) is 44.0 Å². The SMILES string of the molecule is OCC(/C=C/[C@H]1[C@H](O)CC2OC(CO)C[C@@H]21)CCc1ccccc1. The van der Waals surface area contributed by atoms with E-state index in [9.17, 15) is 15.3 Å². The molecule has 0 aromatic heterocycles. The molecule has 0 radical (unpaired) electrons. The van der Waals surface area contributed by atoms with Gasteiger partial charge in [-0.3, -0.25) is 0 Å². The van der Waals surface area contributed by atoms with Crippen LogP contribution in [0.1, 0.15) is 24.8 Å². The van der Waals surface area contributed by atoms with Gasteiger partial charge in [0.1, 0.15) is 0 Å². The number of aryl methyl sites for hydroxylation is 1. The first-order valence-corrected chi connectivity index (χ1v) is 8.98. The zero-order chi connectivity index (χ0) is 16.9. The maximum Gasteiger partial charge on any atom is 0.0813 e. The van der Waals surface area contributed by atoms with Crippen molar-refractivity contribution in [2.75, 3.05) is 13.2 Å². The van der Waals surface area contributed by atoms with Crippen molar-refractivity contribution in [3.8, 4) is 0 Å². The zero-order valence-electron chi connectivity index (χ0n) is 14.0. The van der Waals surface area contributed by atoms with Crippen LogP contribution in [-0.4, -0.2) is 46.8 Å². The van der Waals surface area contributed by atoms with E-state index in [-0.39, 0.29) is 49.3 Å². The van der Waals surface area contributed by atoms with Crippen LogP contribution in [0, 0.1) is 17.8 Å². The van der Waals surface area contributed by atoms with E-state index in [2.05, 4.69) is 24.3 Å². The average molecular weight is 332 g/mol. The molecule has 24 heavy (non-hydrogen) atoms. The predicted octanol–water partition coefficient (Wildman–Crippen LogP) is 1.93. The van der Waals surface area contributed by atoms with E-state index in [4.69, 9.17) is 4.74 Å². The van der Waals surface area contributed by atoms with E-state index in [1.165, 1.54) is 5.56 Å². The van der Waals surface area contributed by atoms with Gasteiger partial charge in [0, 0.05) is 24.9 Å². The number of hydrogen-bond donors (Lipinski definition) is 3. The maximum absolute atomic E-state index is 10.3. The zero-order valence-corrected chi connectivity index (χ0v) is 14.0. The number of benzene rings is 1. The summed E-state index contributed by atoms with van der Waals surface area (Å²) in [6.07, 6.45) is 7.00.